The summed E-state index contributed by atoms with van der Waals surface area (Å²) in [5, 5.41) is 0. The lowest BCUT2D eigenvalue weighted by molar-refractivity contribution is 0.416. The van der Waals surface area contributed by atoms with E-state index in [2.05, 4.69) is 25.4 Å². The molecule has 0 aliphatic carbocycles. The normalized spacial score (nSPS) is 12.3. The van der Waals surface area contributed by atoms with E-state index in [9.17, 15) is 8.42 Å². The van der Waals surface area contributed by atoms with Crippen molar-refractivity contribution < 1.29 is 13.2 Å². The topological polar surface area (TPSA) is 67.4 Å². The van der Waals surface area contributed by atoms with Gasteiger partial charge in [0.25, 0.3) is 10.2 Å². The summed E-state index contributed by atoms with van der Waals surface area (Å²) < 4.78 is 34.6. The molecule has 2 N–H and O–H groups in total. The van der Waals surface area contributed by atoms with Crippen LogP contribution in [0.3, 0.4) is 0 Å². The second-order valence-corrected chi connectivity index (χ2v) is 7.13. The summed E-state index contributed by atoms with van der Waals surface area (Å²) in [6.45, 7) is 5.30. The number of methoxy groups -OCH3 is 1. The maximum Gasteiger partial charge on any atom is 0.299 e. The Kier molecular flexibility index (Phi) is 4.63. The summed E-state index contributed by atoms with van der Waals surface area (Å²) in [4.78, 5) is 0. The maximum atomic E-state index is 11.9. The van der Waals surface area contributed by atoms with E-state index >= 15 is 0 Å². The van der Waals surface area contributed by atoms with Gasteiger partial charge in [-0.15, -0.1) is 0 Å². The Morgan fingerprint density at radius 3 is 2.39 bits per heavy atom. The van der Waals surface area contributed by atoms with E-state index in [1.165, 1.54) is 7.11 Å². The van der Waals surface area contributed by atoms with Crippen LogP contribution in [0.2, 0.25) is 0 Å². The molecule has 0 fully saturated rings. The van der Waals surface area contributed by atoms with Crippen LogP contribution in [0.5, 0.6) is 5.75 Å². The van der Waals surface area contributed by atoms with E-state index < -0.39 is 15.7 Å². The molecule has 0 amide bonds. The molecule has 5 nitrogen and oxygen atoms in total. The number of rotatable bonds is 4. The van der Waals surface area contributed by atoms with Gasteiger partial charge in [-0.1, -0.05) is 15.9 Å². The zero-order valence-corrected chi connectivity index (χ0v) is 13.1. The summed E-state index contributed by atoms with van der Waals surface area (Å²) in [5.74, 6) is 0.456. The molecule has 1 rings (SSSR count). The largest absolute Gasteiger partial charge is 0.495 e. The van der Waals surface area contributed by atoms with Crippen molar-refractivity contribution in [2.75, 3.05) is 11.8 Å². The highest BCUT2D eigenvalue weighted by Crippen LogP contribution is 2.28. The zero-order valence-electron chi connectivity index (χ0n) is 10.7. The maximum absolute atomic E-state index is 11.9. The van der Waals surface area contributed by atoms with Crippen molar-refractivity contribution in [3.8, 4) is 5.75 Å². The van der Waals surface area contributed by atoms with E-state index in [4.69, 9.17) is 4.74 Å². The summed E-state index contributed by atoms with van der Waals surface area (Å²) >= 11 is 3.28. The molecule has 0 aliphatic heterocycles. The molecular formula is C11H17BrN2O3S. The molecule has 0 aromatic heterocycles. The minimum absolute atomic E-state index is 0.378. The number of ether oxygens (including phenoxy) is 1. The van der Waals surface area contributed by atoms with Crippen LogP contribution in [0, 0.1) is 0 Å². The Bertz CT molecular complexity index is 524. The molecule has 0 saturated carbocycles. The van der Waals surface area contributed by atoms with Crippen molar-refractivity contribution in [3.63, 3.8) is 0 Å². The third-order valence-electron chi connectivity index (χ3n) is 1.85. The van der Waals surface area contributed by atoms with Crippen LogP contribution in [0.1, 0.15) is 20.8 Å². The summed E-state index contributed by atoms with van der Waals surface area (Å²) in [7, 11) is -2.16. The van der Waals surface area contributed by atoms with Crippen molar-refractivity contribution in [1.82, 2.24) is 4.72 Å². The van der Waals surface area contributed by atoms with Crippen LogP contribution < -0.4 is 14.2 Å². The monoisotopic (exact) mass is 336 g/mol. The molecule has 18 heavy (non-hydrogen) atoms. The lowest BCUT2D eigenvalue weighted by Gasteiger charge is -2.21. The van der Waals surface area contributed by atoms with Gasteiger partial charge in [0.1, 0.15) is 5.75 Å². The predicted octanol–water partition coefficient (Wildman–Crippen LogP) is 2.50. The smallest absolute Gasteiger partial charge is 0.299 e. The van der Waals surface area contributed by atoms with Gasteiger partial charge in [0.05, 0.1) is 12.8 Å². The molecule has 1 aromatic carbocycles. The highest BCUT2D eigenvalue weighted by Gasteiger charge is 2.20. The van der Waals surface area contributed by atoms with Gasteiger partial charge >= 0.3 is 0 Å². The Labute approximate surface area is 116 Å². The third-order valence-corrected chi connectivity index (χ3v) is 3.71. The van der Waals surface area contributed by atoms with Gasteiger partial charge in [-0.05, 0) is 39.0 Å². The lowest BCUT2D eigenvalue weighted by atomic mass is 10.1. The van der Waals surface area contributed by atoms with Crippen molar-refractivity contribution in [1.29, 1.82) is 0 Å². The van der Waals surface area contributed by atoms with Gasteiger partial charge < -0.3 is 4.74 Å². The molecule has 0 radical (unpaired) electrons. The SMILES string of the molecule is COc1ccc(Br)cc1NS(=O)(=O)NC(C)(C)C. The van der Waals surface area contributed by atoms with Crippen molar-refractivity contribution in [2.45, 2.75) is 26.3 Å². The summed E-state index contributed by atoms with van der Waals surface area (Å²) in [6.07, 6.45) is 0. The average Bonchev–Trinajstić information content (AvgIpc) is 2.13. The Morgan fingerprint density at radius 1 is 1.28 bits per heavy atom. The first-order valence-electron chi connectivity index (χ1n) is 5.28. The minimum Gasteiger partial charge on any atom is -0.495 e. The molecule has 0 bridgehead atoms. The van der Waals surface area contributed by atoms with Crippen LogP contribution in [0.25, 0.3) is 0 Å². The molecule has 7 heteroatoms. The van der Waals surface area contributed by atoms with E-state index in [1.54, 1.807) is 39.0 Å². The Hall–Kier alpha value is -0.790. The molecule has 102 valence electrons. The molecule has 1 aromatic rings. The van der Waals surface area contributed by atoms with Gasteiger partial charge in [0, 0.05) is 10.0 Å². The molecule has 0 saturated heterocycles. The highest BCUT2D eigenvalue weighted by atomic mass is 79.9. The van der Waals surface area contributed by atoms with Gasteiger partial charge in [-0.3, -0.25) is 4.72 Å². The second kappa shape index (κ2) is 5.46. The fourth-order valence-corrected chi connectivity index (χ4v) is 3.00. The highest BCUT2D eigenvalue weighted by molar-refractivity contribution is 9.10. The van der Waals surface area contributed by atoms with Gasteiger partial charge in [0.15, 0.2) is 0 Å². The number of nitrogens with one attached hydrogen (secondary N) is 2. The van der Waals surface area contributed by atoms with E-state index in [-0.39, 0.29) is 0 Å². The number of halogens is 1. The number of hydrogen-bond donors (Lipinski definition) is 2. The van der Waals surface area contributed by atoms with E-state index in [1.807, 2.05) is 0 Å². The Balaban J connectivity index is 3.00. The summed E-state index contributed by atoms with van der Waals surface area (Å²) in [6, 6.07) is 5.09. The van der Waals surface area contributed by atoms with Gasteiger partial charge in [-0.2, -0.15) is 13.1 Å². The fraction of sp³-hybridized carbons (Fsp3) is 0.455. The number of hydrogen-bond acceptors (Lipinski definition) is 3. The van der Waals surface area contributed by atoms with Gasteiger partial charge in [0.2, 0.25) is 0 Å². The van der Waals surface area contributed by atoms with Crippen molar-refractivity contribution in [3.05, 3.63) is 22.7 Å². The Morgan fingerprint density at radius 2 is 1.89 bits per heavy atom. The molecule has 0 atom stereocenters. The van der Waals surface area contributed by atoms with E-state index in [0.29, 0.717) is 11.4 Å². The number of benzene rings is 1. The minimum atomic E-state index is -3.64. The fourth-order valence-electron chi connectivity index (χ4n) is 1.33. The second-order valence-electron chi connectivity index (χ2n) is 4.80. The molecule has 0 unspecified atom stereocenters. The molecule has 0 aliphatic rings. The zero-order chi connectivity index (χ0) is 14.0. The van der Waals surface area contributed by atoms with Crippen LogP contribution in [0.15, 0.2) is 22.7 Å². The van der Waals surface area contributed by atoms with Crippen LogP contribution in [-0.4, -0.2) is 21.1 Å². The van der Waals surface area contributed by atoms with Gasteiger partial charge in [-0.25, -0.2) is 0 Å². The van der Waals surface area contributed by atoms with Crippen molar-refractivity contribution >= 4 is 31.8 Å². The molecular weight excluding hydrogens is 320 g/mol. The third kappa shape index (κ3) is 4.83. The van der Waals surface area contributed by atoms with Crippen LogP contribution >= 0.6 is 15.9 Å². The van der Waals surface area contributed by atoms with E-state index in [0.717, 1.165) is 4.47 Å². The first kappa shape index (κ1) is 15.3. The first-order chi connectivity index (χ1) is 8.13. The standard InChI is InChI=1S/C11H17BrN2O3S/c1-11(2,3)14-18(15,16)13-9-7-8(12)5-6-10(9)17-4/h5-7,13-14H,1-4H3. The lowest BCUT2D eigenvalue weighted by Crippen LogP contribution is -2.43. The summed E-state index contributed by atoms with van der Waals surface area (Å²) in [5.41, 5.74) is -0.172. The van der Waals surface area contributed by atoms with Crippen LogP contribution in [0.4, 0.5) is 5.69 Å². The average molecular weight is 337 g/mol. The van der Waals surface area contributed by atoms with Crippen molar-refractivity contribution in [2.24, 2.45) is 0 Å². The first-order valence-corrected chi connectivity index (χ1v) is 7.56. The molecule has 0 spiro atoms. The van der Waals surface area contributed by atoms with Crippen LogP contribution in [-0.2, 0) is 10.2 Å². The predicted molar refractivity (Wildman–Crippen MR) is 76.1 cm³/mol. The quantitative estimate of drug-likeness (QED) is 0.887. The molecule has 0 heterocycles. The number of anilines is 1.